The van der Waals surface area contributed by atoms with Gasteiger partial charge in [0, 0.05) is 12.1 Å². The number of pyridine rings is 1. The first kappa shape index (κ1) is 15.1. The molecule has 2 aliphatic rings. The lowest BCUT2D eigenvalue weighted by atomic mass is 9.72. The van der Waals surface area contributed by atoms with Crippen LogP contribution in [-0.4, -0.2) is 41.2 Å². The van der Waals surface area contributed by atoms with E-state index < -0.39 is 17.9 Å². The summed E-state index contributed by atoms with van der Waals surface area (Å²) >= 11 is 0. The van der Waals surface area contributed by atoms with Crippen LogP contribution in [0.15, 0.2) is 18.5 Å². The van der Waals surface area contributed by atoms with Gasteiger partial charge < -0.3 is 25.6 Å². The number of anilines is 1. The number of nitrogens with zero attached hydrogens (tertiary/aromatic N) is 1. The Morgan fingerprint density at radius 3 is 2.82 bits per heavy atom. The lowest BCUT2D eigenvalue weighted by Crippen LogP contribution is -2.60. The van der Waals surface area contributed by atoms with Crippen molar-refractivity contribution in [3.8, 4) is 0 Å². The highest BCUT2D eigenvalue weighted by atomic mass is 16.7. The molecule has 3 atom stereocenters. The molecule has 2 heterocycles. The number of nitrogens with two attached hydrogens (primary N) is 1. The second-order valence-corrected chi connectivity index (χ2v) is 5.99. The van der Waals surface area contributed by atoms with Gasteiger partial charge in [0.2, 0.25) is 0 Å². The van der Waals surface area contributed by atoms with Gasteiger partial charge in [0.05, 0.1) is 31.1 Å². The van der Waals surface area contributed by atoms with E-state index >= 15 is 0 Å². The Balaban J connectivity index is 1.89. The van der Waals surface area contributed by atoms with Gasteiger partial charge in [0.1, 0.15) is 0 Å². The molecular formula is C15H21N3O4. The Kier molecular flexibility index (Phi) is 3.92. The number of nitrogen functional groups attached to an aromatic ring is 1. The van der Waals surface area contributed by atoms with Crippen LogP contribution in [-0.2, 0) is 9.47 Å². The van der Waals surface area contributed by atoms with E-state index in [1.165, 1.54) is 0 Å². The first-order valence-electron chi connectivity index (χ1n) is 7.49. The average Bonchev–Trinajstić information content (AvgIpc) is 2.95. The molecule has 1 spiro atoms. The molecule has 0 unspecified atom stereocenters. The fraction of sp³-hybridized carbons (Fsp3) is 0.600. The number of amides is 1. The van der Waals surface area contributed by atoms with Crippen LogP contribution in [0.25, 0.3) is 0 Å². The van der Waals surface area contributed by atoms with Crippen molar-refractivity contribution in [1.29, 1.82) is 0 Å². The van der Waals surface area contributed by atoms with Gasteiger partial charge in [-0.3, -0.25) is 4.98 Å². The summed E-state index contributed by atoms with van der Waals surface area (Å²) in [5.74, 6) is -0.664. The zero-order valence-corrected chi connectivity index (χ0v) is 12.5. The van der Waals surface area contributed by atoms with E-state index in [4.69, 9.17) is 20.3 Å². The average molecular weight is 307 g/mol. The molecule has 1 amide bonds. The van der Waals surface area contributed by atoms with Crippen LogP contribution in [0.3, 0.4) is 0 Å². The van der Waals surface area contributed by atoms with Crippen LogP contribution in [0, 0.1) is 5.92 Å². The fourth-order valence-corrected chi connectivity index (χ4v) is 3.76. The molecule has 1 aromatic heterocycles. The highest BCUT2D eigenvalue weighted by Gasteiger charge is 2.54. The number of carbonyl (C=O) groups is 1. The van der Waals surface area contributed by atoms with Crippen molar-refractivity contribution in [3.05, 3.63) is 24.0 Å². The van der Waals surface area contributed by atoms with Crippen LogP contribution in [0.5, 0.6) is 0 Å². The summed E-state index contributed by atoms with van der Waals surface area (Å²) in [4.78, 5) is 15.2. The minimum absolute atomic E-state index is 0.0539. The molecule has 0 bridgehead atoms. The second kappa shape index (κ2) is 5.73. The largest absolute Gasteiger partial charge is 0.465 e. The standard InChI is InChI=1S/C15H21N3O4/c1-9-6-10(11-2-3-17-8-12(11)16)7-13(18-14(19)20)15(9)21-4-5-22-15/h2-3,8-10,13,18H,4-7,16H2,1H3,(H,19,20)/t9-,10+,13+/m1/s1. The summed E-state index contributed by atoms with van der Waals surface area (Å²) in [7, 11) is 0. The van der Waals surface area contributed by atoms with Crippen molar-refractivity contribution < 1.29 is 19.4 Å². The van der Waals surface area contributed by atoms with Crippen LogP contribution in [0.1, 0.15) is 31.2 Å². The lowest BCUT2D eigenvalue weighted by molar-refractivity contribution is -0.225. The maximum absolute atomic E-state index is 11.2. The predicted octanol–water partition coefficient (Wildman–Crippen LogP) is 1.56. The zero-order valence-electron chi connectivity index (χ0n) is 12.5. The van der Waals surface area contributed by atoms with Gasteiger partial charge in [0.25, 0.3) is 0 Å². The van der Waals surface area contributed by atoms with Gasteiger partial charge in [-0.25, -0.2) is 4.79 Å². The Morgan fingerprint density at radius 2 is 2.18 bits per heavy atom. The molecule has 0 radical (unpaired) electrons. The molecule has 1 saturated carbocycles. The number of carboxylic acid groups (broad SMARTS) is 1. The maximum Gasteiger partial charge on any atom is 0.405 e. The van der Waals surface area contributed by atoms with E-state index in [0.717, 1.165) is 12.0 Å². The molecule has 7 heteroatoms. The molecule has 1 aromatic rings. The first-order chi connectivity index (χ1) is 10.5. The van der Waals surface area contributed by atoms with Gasteiger partial charge in [0.15, 0.2) is 5.79 Å². The van der Waals surface area contributed by atoms with Gasteiger partial charge >= 0.3 is 6.09 Å². The van der Waals surface area contributed by atoms with E-state index in [1.54, 1.807) is 12.4 Å². The monoisotopic (exact) mass is 307 g/mol. The Morgan fingerprint density at radius 1 is 1.45 bits per heavy atom. The van der Waals surface area contributed by atoms with Crippen molar-refractivity contribution in [2.75, 3.05) is 18.9 Å². The number of aromatic nitrogens is 1. The summed E-state index contributed by atoms with van der Waals surface area (Å²) in [6.45, 7) is 3.01. The molecule has 1 saturated heterocycles. The first-order valence-corrected chi connectivity index (χ1v) is 7.49. The molecule has 22 heavy (non-hydrogen) atoms. The molecule has 3 rings (SSSR count). The smallest absolute Gasteiger partial charge is 0.405 e. The highest BCUT2D eigenvalue weighted by molar-refractivity contribution is 5.65. The molecule has 0 aromatic carbocycles. The number of nitrogens with one attached hydrogen (secondary N) is 1. The predicted molar refractivity (Wildman–Crippen MR) is 79.4 cm³/mol. The van der Waals surface area contributed by atoms with Gasteiger partial charge in [-0.2, -0.15) is 0 Å². The van der Waals surface area contributed by atoms with E-state index in [2.05, 4.69) is 10.3 Å². The summed E-state index contributed by atoms with van der Waals surface area (Å²) in [6.07, 6.45) is 3.69. The molecule has 120 valence electrons. The zero-order chi connectivity index (χ0) is 15.7. The molecule has 4 N–H and O–H groups in total. The van der Waals surface area contributed by atoms with Gasteiger partial charge in [-0.1, -0.05) is 6.92 Å². The van der Waals surface area contributed by atoms with E-state index in [0.29, 0.717) is 25.3 Å². The van der Waals surface area contributed by atoms with Crippen molar-refractivity contribution in [2.45, 2.75) is 37.5 Å². The third kappa shape index (κ3) is 2.50. The number of hydrogen-bond donors (Lipinski definition) is 3. The van der Waals surface area contributed by atoms with Crippen LogP contribution in [0.4, 0.5) is 10.5 Å². The van der Waals surface area contributed by atoms with Crippen molar-refractivity contribution in [3.63, 3.8) is 0 Å². The fourth-order valence-electron chi connectivity index (χ4n) is 3.76. The Bertz CT molecular complexity index is 559. The lowest BCUT2D eigenvalue weighted by Gasteiger charge is -2.46. The summed E-state index contributed by atoms with van der Waals surface area (Å²) in [5.41, 5.74) is 7.67. The number of ether oxygens (including phenoxy) is 2. The number of rotatable bonds is 2. The third-order valence-corrected chi connectivity index (χ3v) is 4.69. The SMILES string of the molecule is C[C@@H]1C[C@H](c2ccncc2N)C[C@H](NC(=O)O)C12OCCO2. The third-order valence-electron chi connectivity index (χ3n) is 4.69. The van der Waals surface area contributed by atoms with Crippen LogP contribution < -0.4 is 11.1 Å². The summed E-state index contributed by atoms with van der Waals surface area (Å²) in [5, 5.41) is 11.7. The highest BCUT2D eigenvalue weighted by Crippen LogP contribution is 2.47. The Hall–Kier alpha value is -1.86. The molecule has 1 aliphatic heterocycles. The van der Waals surface area contributed by atoms with Crippen LogP contribution >= 0.6 is 0 Å². The minimum Gasteiger partial charge on any atom is -0.465 e. The van der Waals surface area contributed by atoms with E-state index in [9.17, 15) is 4.79 Å². The number of hydrogen-bond acceptors (Lipinski definition) is 5. The minimum atomic E-state index is -1.07. The van der Waals surface area contributed by atoms with Crippen molar-refractivity contribution >= 4 is 11.8 Å². The maximum atomic E-state index is 11.2. The topological polar surface area (TPSA) is 107 Å². The van der Waals surface area contributed by atoms with E-state index in [-0.39, 0.29) is 11.8 Å². The Labute approximate surface area is 128 Å². The second-order valence-electron chi connectivity index (χ2n) is 5.99. The molecule has 7 nitrogen and oxygen atoms in total. The summed E-state index contributed by atoms with van der Waals surface area (Å²) < 4.78 is 11.7. The van der Waals surface area contributed by atoms with Crippen molar-refractivity contribution in [2.24, 2.45) is 5.92 Å². The quantitative estimate of drug-likeness (QED) is 0.765. The van der Waals surface area contributed by atoms with Gasteiger partial charge in [-0.15, -0.1) is 0 Å². The summed E-state index contributed by atoms with van der Waals surface area (Å²) in [6, 6.07) is 1.48. The van der Waals surface area contributed by atoms with Crippen LogP contribution in [0.2, 0.25) is 0 Å². The molecule has 2 fully saturated rings. The van der Waals surface area contributed by atoms with Gasteiger partial charge in [-0.05, 0) is 30.4 Å². The van der Waals surface area contributed by atoms with Crippen molar-refractivity contribution in [1.82, 2.24) is 10.3 Å². The molecule has 1 aliphatic carbocycles. The normalized spacial score (nSPS) is 30.3. The van der Waals surface area contributed by atoms with E-state index in [1.807, 2.05) is 13.0 Å². The molecular weight excluding hydrogens is 286 g/mol.